The van der Waals surface area contributed by atoms with E-state index in [1.54, 1.807) is 24.3 Å². The molecule has 22 heavy (non-hydrogen) atoms. The molecule has 0 aliphatic carbocycles. The van der Waals surface area contributed by atoms with Crippen molar-refractivity contribution in [2.45, 2.75) is 37.6 Å². The Kier molecular flexibility index (Phi) is 5.33. The van der Waals surface area contributed by atoms with Crippen LogP contribution in [-0.2, 0) is 9.53 Å². The molecule has 122 valence electrons. The minimum Gasteiger partial charge on any atom is -0.462 e. The van der Waals surface area contributed by atoms with Crippen LogP contribution in [0.3, 0.4) is 0 Å². The number of anilines is 1. The van der Waals surface area contributed by atoms with Gasteiger partial charge in [-0.05, 0) is 24.3 Å². The van der Waals surface area contributed by atoms with Crippen LogP contribution in [0.5, 0.6) is 5.75 Å². The van der Waals surface area contributed by atoms with Crippen LogP contribution in [0.15, 0.2) is 24.3 Å². The predicted octanol–water partition coefficient (Wildman–Crippen LogP) is -1.21. The highest BCUT2D eigenvalue weighted by Gasteiger charge is 2.43. The standard InChI is InChI=1S/C14H20N2O6/c1-7(18)16-8-2-4-9(5-3-8)21-14-13(20)11(15)12(19)10(6-17)22-14/h2-5,10-14,17,19-20H,6,15H2,1H3,(H,16,18)/t10?,11?,12?,13-,14?/m0/s1. The Morgan fingerprint density at radius 2 is 1.95 bits per heavy atom. The molecule has 1 aromatic rings. The molecule has 0 spiro atoms. The molecule has 0 radical (unpaired) electrons. The van der Waals surface area contributed by atoms with Gasteiger partial charge in [0.1, 0.15) is 24.1 Å². The molecule has 1 aliphatic heterocycles. The Morgan fingerprint density at radius 3 is 2.50 bits per heavy atom. The molecule has 1 fully saturated rings. The Hall–Kier alpha value is -1.71. The van der Waals surface area contributed by atoms with Crippen LogP contribution in [-0.4, -0.2) is 58.5 Å². The SMILES string of the molecule is CC(=O)Nc1ccc(OC2OC(CO)C(O)C(N)[C@@H]2O)cc1. The van der Waals surface area contributed by atoms with E-state index in [9.17, 15) is 15.0 Å². The van der Waals surface area contributed by atoms with Gasteiger partial charge in [0.25, 0.3) is 0 Å². The van der Waals surface area contributed by atoms with Crippen molar-refractivity contribution < 1.29 is 29.6 Å². The lowest BCUT2D eigenvalue weighted by Crippen LogP contribution is -2.63. The zero-order valence-corrected chi connectivity index (χ0v) is 12.0. The molecule has 0 aromatic heterocycles. The van der Waals surface area contributed by atoms with Crippen molar-refractivity contribution in [1.82, 2.24) is 0 Å². The monoisotopic (exact) mass is 312 g/mol. The van der Waals surface area contributed by atoms with E-state index >= 15 is 0 Å². The summed E-state index contributed by atoms with van der Waals surface area (Å²) in [6, 6.07) is 5.45. The molecule has 1 saturated heterocycles. The quantitative estimate of drug-likeness (QED) is 0.471. The number of benzene rings is 1. The van der Waals surface area contributed by atoms with E-state index in [4.69, 9.17) is 20.3 Å². The van der Waals surface area contributed by atoms with Crippen molar-refractivity contribution in [3.63, 3.8) is 0 Å². The summed E-state index contributed by atoms with van der Waals surface area (Å²) in [5, 5.41) is 31.5. The van der Waals surface area contributed by atoms with Crippen molar-refractivity contribution in [2.24, 2.45) is 5.73 Å². The van der Waals surface area contributed by atoms with Crippen molar-refractivity contribution in [3.05, 3.63) is 24.3 Å². The lowest BCUT2D eigenvalue weighted by Gasteiger charge is -2.40. The van der Waals surface area contributed by atoms with Crippen LogP contribution in [0.2, 0.25) is 0 Å². The van der Waals surface area contributed by atoms with Crippen molar-refractivity contribution in [3.8, 4) is 5.75 Å². The van der Waals surface area contributed by atoms with E-state index < -0.39 is 37.3 Å². The van der Waals surface area contributed by atoms with Gasteiger partial charge in [-0.15, -0.1) is 0 Å². The summed E-state index contributed by atoms with van der Waals surface area (Å²) in [6.45, 7) is 0.960. The fourth-order valence-corrected chi connectivity index (χ4v) is 2.17. The number of amides is 1. The molecule has 1 amide bonds. The van der Waals surface area contributed by atoms with Crippen LogP contribution in [0.1, 0.15) is 6.92 Å². The predicted molar refractivity (Wildman–Crippen MR) is 77.1 cm³/mol. The van der Waals surface area contributed by atoms with Crippen LogP contribution in [0, 0.1) is 0 Å². The first-order chi connectivity index (χ1) is 10.4. The molecule has 1 heterocycles. The molecule has 1 aliphatic rings. The molecule has 8 heteroatoms. The van der Waals surface area contributed by atoms with Gasteiger partial charge in [-0.3, -0.25) is 4.79 Å². The van der Waals surface area contributed by atoms with Crippen LogP contribution < -0.4 is 15.8 Å². The van der Waals surface area contributed by atoms with E-state index in [-0.39, 0.29) is 5.91 Å². The molecule has 2 rings (SSSR count). The van der Waals surface area contributed by atoms with E-state index in [2.05, 4.69) is 5.32 Å². The third kappa shape index (κ3) is 3.73. The zero-order chi connectivity index (χ0) is 16.3. The van der Waals surface area contributed by atoms with Gasteiger partial charge in [-0.25, -0.2) is 0 Å². The third-order valence-corrected chi connectivity index (χ3v) is 3.36. The van der Waals surface area contributed by atoms with Gasteiger partial charge < -0.3 is 35.8 Å². The van der Waals surface area contributed by atoms with Gasteiger partial charge in [0.2, 0.25) is 12.2 Å². The lowest BCUT2D eigenvalue weighted by atomic mass is 9.97. The highest BCUT2D eigenvalue weighted by Crippen LogP contribution is 2.24. The molecule has 1 aromatic carbocycles. The fraction of sp³-hybridized carbons (Fsp3) is 0.500. The average Bonchev–Trinajstić information content (AvgIpc) is 2.49. The maximum absolute atomic E-state index is 10.9. The summed E-state index contributed by atoms with van der Waals surface area (Å²) in [6.07, 6.45) is -4.46. The maximum atomic E-state index is 10.9. The van der Waals surface area contributed by atoms with Gasteiger partial charge in [0.05, 0.1) is 12.6 Å². The molecule has 8 nitrogen and oxygen atoms in total. The topological polar surface area (TPSA) is 134 Å². The summed E-state index contributed by atoms with van der Waals surface area (Å²) in [4.78, 5) is 10.9. The number of hydrogen-bond acceptors (Lipinski definition) is 7. The molecule has 6 N–H and O–H groups in total. The number of carbonyl (C=O) groups is 1. The zero-order valence-electron chi connectivity index (χ0n) is 12.0. The fourth-order valence-electron chi connectivity index (χ4n) is 2.17. The number of nitrogens with two attached hydrogens (primary N) is 1. The van der Waals surface area contributed by atoms with E-state index in [0.29, 0.717) is 11.4 Å². The number of rotatable bonds is 4. The second kappa shape index (κ2) is 7.03. The Morgan fingerprint density at radius 1 is 1.32 bits per heavy atom. The number of nitrogens with one attached hydrogen (secondary N) is 1. The molecular formula is C14H20N2O6. The van der Waals surface area contributed by atoms with Gasteiger partial charge in [0, 0.05) is 12.6 Å². The van der Waals surface area contributed by atoms with Crippen molar-refractivity contribution in [2.75, 3.05) is 11.9 Å². The summed E-state index contributed by atoms with van der Waals surface area (Å²) in [7, 11) is 0. The second-order valence-electron chi connectivity index (χ2n) is 5.11. The van der Waals surface area contributed by atoms with Crippen molar-refractivity contribution >= 4 is 11.6 Å². The van der Waals surface area contributed by atoms with Crippen LogP contribution in [0.25, 0.3) is 0 Å². The third-order valence-electron chi connectivity index (χ3n) is 3.36. The molecule has 0 saturated carbocycles. The van der Waals surface area contributed by atoms with Crippen molar-refractivity contribution in [1.29, 1.82) is 0 Å². The first-order valence-corrected chi connectivity index (χ1v) is 6.84. The summed E-state index contributed by atoms with van der Waals surface area (Å²) in [5.41, 5.74) is 6.29. The van der Waals surface area contributed by atoms with Crippen LogP contribution >= 0.6 is 0 Å². The minimum atomic E-state index is -1.24. The average molecular weight is 312 g/mol. The number of aliphatic hydroxyl groups is 3. The highest BCUT2D eigenvalue weighted by molar-refractivity contribution is 5.88. The van der Waals surface area contributed by atoms with Crippen LogP contribution in [0.4, 0.5) is 5.69 Å². The molecule has 0 bridgehead atoms. The highest BCUT2D eigenvalue weighted by atomic mass is 16.7. The largest absolute Gasteiger partial charge is 0.462 e. The summed E-state index contributed by atoms with van der Waals surface area (Å²) < 4.78 is 10.8. The van der Waals surface area contributed by atoms with E-state index in [1.807, 2.05) is 0 Å². The minimum absolute atomic E-state index is 0.189. The summed E-state index contributed by atoms with van der Waals surface area (Å²) >= 11 is 0. The lowest BCUT2D eigenvalue weighted by molar-refractivity contribution is -0.247. The Bertz CT molecular complexity index is 507. The Balaban J connectivity index is 2.04. The first kappa shape index (κ1) is 16.7. The number of ether oxygens (including phenoxy) is 2. The molecule has 4 unspecified atom stereocenters. The number of aliphatic hydroxyl groups excluding tert-OH is 3. The number of carbonyl (C=O) groups excluding carboxylic acids is 1. The van der Waals surface area contributed by atoms with E-state index in [0.717, 1.165) is 0 Å². The van der Waals surface area contributed by atoms with Gasteiger partial charge in [-0.1, -0.05) is 0 Å². The normalized spacial score (nSPS) is 31.6. The second-order valence-corrected chi connectivity index (χ2v) is 5.11. The van der Waals surface area contributed by atoms with Gasteiger partial charge in [0.15, 0.2) is 0 Å². The molecular weight excluding hydrogens is 292 g/mol. The summed E-state index contributed by atoms with van der Waals surface area (Å²) in [5.74, 6) is 0.198. The van der Waals surface area contributed by atoms with E-state index in [1.165, 1.54) is 6.92 Å². The Labute approximate surface area is 127 Å². The number of hydrogen-bond donors (Lipinski definition) is 5. The first-order valence-electron chi connectivity index (χ1n) is 6.84. The maximum Gasteiger partial charge on any atom is 0.228 e. The van der Waals surface area contributed by atoms with Gasteiger partial charge in [-0.2, -0.15) is 0 Å². The molecule has 5 atom stereocenters. The van der Waals surface area contributed by atoms with Gasteiger partial charge >= 0.3 is 0 Å². The smallest absolute Gasteiger partial charge is 0.228 e.